The topological polar surface area (TPSA) is 85.9 Å². The number of nitrogens with one attached hydrogen (secondary N) is 2. The van der Waals surface area contributed by atoms with Gasteiger partial charge in [0.15, 0.2) is 5.96 Å². The van der Waals surface area contributed by atoms with E-state index in [9.17, 15) is 4.79 Å². The zero-order chi connectivity index (χ0) is 20.4. The highest BCUT2D eigenvalue weighted by Crippen LogP contribution is 2.18. The van der Waals surface area contributed by atoms with Gasteiger partial charge in [0.25, 0.3) is 0 Å². The molecule has 2 aliphatic rings. The minimum atomic E-state index is -0.465. The maximum atomic E-state index is 12.3. The van der Waals surface area contributed by atoms with Crippen LogP contribution in [0.1, 0.15) is 33.0 Å². The first-order chi connectivity index (χ1) is 13.9. The highest BCUT2D eigenvalue weighted by Gasteiger charge is 2.36. The zero-order valence-electron chi connectivity index (χ0n) is 17.4. The highest BCUT2D eigenvalue weighted by atomic mass is 16.6. The van der Waals surface area contributed by atoms with Crippen molar-refractivity contribution in [2.75, 3.05) is 32.7 Å². The Bertz CT molecular complexity index is 867. The Morgan fingerprint density at radius 1 is 1.31 bits per heavy atom. The predicted octanol–water partition coefficient (Wildman–Crippen LogP) is 2.38. The van der Waals surface area contributed by atoms with Crippen LogP contribution in [0.15, 0.2) is 29.3 Å². The normalized spacial score (nSPS) is 19.3. The number of carbonyl (C=O) groups is 1. The lowest BCUT2D eigenvalue weighted by Crippen LogP contribution is -2.57. The molecule has 8 nitrogen and oxygen atoms in total. The number of guanidine groups is 1. The molecule has 29 heavy (non-hydrogen) atoms. The Labute approximate surface area is 171 Å². The van der Waals surface area contributed by atoms with Crippen LogP contribution in [-0.4, -0.2) is 76.2 Å². The molecule has 1 aromatic carbocycles. The van der Waals surface area contributed by atoms with Gasteiger partial charge in [-0.3, -0.25) is 4.99 Å². The van der Waals surface area contributed by atoms with Gasteiger partial charge in [0.2, 0.25) is 0 Å². The number of piperazine rings is 1. The van der Waals surface area contributed by atoms with Gasteiger partial charge in [-0.25, -0.2) is 9.78 Å². The van der Waals surface area contributed by atoms with E-state index >= 15 is 0 Å². The Kier molecular flexibility index (Phi) is 5.34. The van der Waals surface area contributed by atoms with Gasteiger partial charge >= 0.3 is 6.09 Å². The highest BCUT2D eigenvalue weighted by molar-refractivity contribution is 5.82. The fourth-order valence-corrected chi connectivity index (χ4v) is 3.80. The number of H-pyrrole nitrogens is 1. The van der Waals surface area contributed by atoms with Crippen molar-refractivity contribution >= 4 is 23.1 Å². The summed E-state index contributed by atoms with van der Waals surface area (Å²) in [5.74, 6) is 1.97. The van der Waals surface area contributed by atoms with E-state index in [1.54, 1.807) is 4.90 Å². The van der Waals surface area contributed by atoms with E-state index < -0.39 is 5.60 Å². The van der Waals surface area contributed by atoms with E-state index in [1.165, 1.54) is 0 Å². The van der Waals surface area contributed by atoms with Crippen LogP contribution in [0, 0.1) is 0 Å². The smallest absolute Gasteiger partial charge is 0.410 e. The van der Waals surface area contributed by atoms with Gasteiger partial charge in [-0.1, -0.05) is 12.1 Å². The zero-order valence-corrected chi connectivity index (χ0v) is 17.4. The number of aromatic amines is 1. The molecular weight excluding hydrogens is 368 g/mol. The van der Waals surface area contributed by atoms with Crippen molar-refractivity contribution in [3.8, 4) is 0 Å². The van der Waals surface area contributed by atoms with Gasteiger partial charge in [-0.15, -0.1) is 0 Å². The first-order valence-corrected chi connectivity index (χ1v) is 10.4. The number of aliphatic imine (C=N–C) groups is 1. The Morgan fingerprint density at radius 2 is 2.14 bits per heavy atom. The summed E-state index contributed by atoms with van der Waals surface area (Å²) < 4.78 is 5.50. The van der Waals surface area contributed by atoms with Crippen molar-refractivity contribution in [1.29, 1.82) is 0 Å². The van der Waals surface area contributed by atoms with E-state index in [1.807, 2.05) is 39.0 Å². The number of carbonyl (C=O) groups excluding carboxylic acids is 1. The second-order valence-corrected chi connectivity index (χ2v) is 8.67. The van der Waals surface area contributed by atoms with E-state index in [4.69, 9.17) is 4.74 Å². The fraction of sp³-hybridized carbons (Fsp3) is 0.571. The molecule has 1 amide bonds. The third kappa shape index (κ3) is 4.63. The average Bonchev–Trinajstić information content (AvgIpc) is 3.27. The SMILES string of the molecule is CC(C)(C)OC(=O)N1CCN2C(NCCCc3nc4ccccc4[nH]3)=NCC2C1. The van der Waals surface area contributed by atoms with Crippen LogP contribution in [0.2, 0.25) is 0 Å². The summed E-state index contributed by atoms with van der Waals surface area (Å²) in [5.41, 5.74) is 1.63. The van der Waals surface area contributed by atoms with Gasteiger partial charge < -0.3 is 24.8 Å². The summed E-state index contributed by atoms with van der Waals surface area (Å²) in [7, 11) is 0. The van der Waals surface area contributed by atoms with E-state index in [-0.39, 0.29) is 12.1 Å². The van der Waals surface area contributed by atoms with Crippen molar-refractivity contribution in [3.63, 3.8) is 0 Å². The third-order valence-electron chi connectivity index (χ3n) is 5.17. The van der Waals surface area contributed by atoms with Gasteiger partial charge in [-0.2, -0.15) is 0 Å². The largest absolute Gasteiger partial charge is 0.444 e. The van der Waals surface area contributed by atoms with Crippen molar-refractivity contribution in [3.05, 3.63) is 30.1 Å². The van der Waals surface area contributed by atoms with E-state index in [0.29, 0.717) is 19.6 Å². The molecule has 4 rings (SSSR count). The number of amides is 1. The monoisotopic (exact) mass is 398 g/mol. The summed E-state index contributed by atoms with van der Waals surface area (Å²) in [5, 5.41) is 3.47. The molecule has 156 valence electrons. The van der Waals surface area contributed by atoms with Gasteiger partial charge in [0, 0.05) is 32.6 Å². The number of ether oxygens (including phenoxy) is 1. The number of hydrogen-bond acceptors (Lipinski definition) is 6. The number of rotatable bonds is 4. The molecule has 8 heteroatoms. The Hall–Kier alpha value is -2.77. The summed E-state index contributed by atoms with van der Waals surface area (Å²) >= 11 is 0. The molecule has 0 spiro atoms. The number of benzene rings is 1. The van der Waals surface area contributed by atoms with Gasteiger partial charge in [0.05, 0.1) is 23.6 Å². The molecule has 1 unspecified atom stereocenters. The standard InChI is InChI=1S/C21H30N6O2/c1-21(2,3)29-20(28)26-11-12-27-15(14-26)13-23-19(27)22-10-6-9-18-24-16-7-4-5-8-17(16)25-18/h4-5,7-8,15H,6,9-14H2,1-3H3,(H,22,23)(H,24,25). The minimum Gasteiger partial charge on any atom is -0.444 e. The first kappa shape index (κ1) is 19.5. The van der Waals surface area contributed by atoms with Crippen LogP contribution in [-0.2, 0) is 11.2 Å². The quantitative estimate of drug-likeness (QED) is 0.773. The molecule has 1 fully saturated rings. The maximum Gasteiger partial charge on any atom is 0.410 e. The van der Waals surface area contributed by atoms with E-state index in [0.717, 1.165) is 48.7 Å². The summed E-state index contributed by atoms with van der Waals surface area (Å²) in [4.78, 5) is 29.0. The minimum absolute atomic E-state index is 0.231. The molecule has 0 aliphatic carbocycles. The van der Waals surface area contributed by atoms with Crippen LogP contribution in [0.25, 0.3) is 11.0 Å². The van der Waals surface area contributed by atoms with Crippen molar-refractivity contribution in [1.82, 2.24) is 25.1 Å². The lowest BCUT2D eigenvalue weighted by atomic mass is 10.2. The lowest BCUT2D eigenvalue weighted by Gasteiger charge is -2.39. The molecule has 3 heterocycles. The Morgan fingerprint density at radius 3 is 2.93 bits per heavy atom. The predicted molar refractivity (Wildman–Crippen MR) is 113 cm³/mol. The van der Waals surface area contributed by atoms with Crippen LogP contribution in [0.5, 0.6) is 0 Å². The molecular formula is C21H30N6O2. The second-order valence-electron chi connectivity index (χ2n) is 8.67. The molecule has 2 aliphatic heterocycles. The molecule has 0 radical (unpaired) electrons. The lowest BCUT2D eigenvalue weighted by molar-refractivity contribution is 0.0137. The number of aromatic nitrogens is 2. The van der Waals surface area contributed by atoms with Crippen LogP contribution >= 0.6 is 0 Å². The molecule has 1 aromatic heterocycles. The summed E-state index contributed by atoms with van der Waals surface area (Å²) in [6, 6.07) is 8.33. The number of fused-ring (bicyclic) bond motifs is 2. The van der Waals surface area contributed by atoms with Crippen LogP contribution in [0.4, 0.5) is 4.79 Å². The number of hydrogen-bond donors (Lipinski definition) is 2. The molecule has 2 aromatic rings. The van der Waals surface area contributed by atoms with Crippen LogP contribution < -0.4 is 5.32 Å². The third-order valence-corrected chi connectivity index (χ3v) is 5.17. The van der Waals surface area contributed by atoms with E-state index in [2.05, 4.69) is 31.2 Å². The van der Waals surface area contributed by atoms with Crippen molar-refractivity contribution < 1.29 is 9.53 Å². The number of nitrogens with zero attached hydrogens (tertiary/aromatic N) is 4. The number of imidazole rings is 1. The van der Waals surface area contributed by atoms with Crippen molar-refractivity contribution in [2.24, 2.45) is 4.99 Å². The number of para-hydroxylation sites is 2. The molecule has 2 N–H and O–H groups in total. The summed E-state index contributed by atoms with van der Waals surface area (Å²) in [6.07, 6.45) is 1.64. The van der Waals surface area contributed by atoms with Crippen molar-refractivity contribution in [2.45, 2.75) is 45.3 Å². The molecule has 0 saturated carbocycles. The molecule has 0 bridgehead atoms. The number of aryl methyl sites for hydroxylation is 1. The fourth-order valence-electron chi connectivity index (χ4n) is 3.80. The van der Waals surface area contributed by atoms with Crippen LogP contribution in [0.3, 0.4) is 0 Å². The molecule has 1 saturated heterocycles. The Balaban J connectivity index is 1.22. The second kappa shape index (κ2) is 7.93. The maximum absolute atomic E-state index is 12.3. The first-order valence-electron chi connectivity index (χ1n) is 10.4. The van der Waals surface area contributed by atoms with Gasteiger partial charge in [-0.05, 0) is 39.3 Å². The van der Waals surface area contributed by atoms with Gasteiger partial charge in [0.1, 0.15) is 11.4 Å². The molecule has 1 atom stereocenters. The summed E-state index contributed by atoms with van der Waals surface area (Å²) in [6.45, 7) is 9.33. The average molecular weight is 399 g/mol.